The van der Waals surface area contributed by atoms with E-state index < -0.39 is 0 Å². The zero-order chi connectivity index (χ0) is 20.1. The molecule has 0 aliphatic heterocycles. The zero-order valence-electron chi connectivity index (χ0n) is 15.9. The average molecular weight is 400 g/mol. The number of amides is 1. The van der Waals surface area contributed by atoms with Crippen LogP contribution in [-0.2, 0) is 18.3 Å². The average Bonchev–Trinajstić information content (AvgIpc) is 3.04. The van der Waals surface area contributed by atoms with Gasteiger partial charge in [0, 0.05) is 24.7 Å². The molecule has 0 unspecified atom stereocenters. The van der Waals surface area contributed by atoms with Gasteiger partial charge >= 0.3 is 0 Å². The topological polar surface area (TPSA) is 69.0 Å². The summed E-state index contributed by atoms with van der Waals surface area (Å²) in [5.74, 6) is 1.19. The molecule has 1 amide bonds. The summed E-state index contributed by atoms with van der Waals surface area (Å²) < 4.78 is 20.6. The Hall–Kier alpha value is -2.87. The van der Waals surface area contributed by atoms with Gasteiger partial charge in [0.2, 0.25) is 5.91 Å². The second-order valence-corrected chi connectivity index (χ2v) is 7.17. The van der Waals surface area contributed by atoms with Gasteiger partial charge in [-0.15, -0.1) is 10.2 Å². The van der Waals surface area contributed by atoms with Gasteiger partial charge in [0.25, 0.3) is 0 Å². The van der Waals surface area contributed by atoms with Crippen LogP contribution in [0, 0.1) is 12.7 Å². The van der Waals surface area contributed by atoms with Gasteiger partial charge in [-0.2, -0.15) is 0 Å². The number of ether oxygens (including phenoxy) is 1. The number of anilines is 1. The molecule has 0 saturated carbocycles. The van der Waals surface area contributed by atoms with E-state index in [9.17, 15) is 9.18 Å². The fourth-order valence-electron chi connectivity index (χ4n) is 2.61. The number of hydrogen-bond acceptors (Lipinski definition) is 5. The highest BCUT2D eigenvalue weighted by molar-refractivity contribution is 7.99. The molecule has 3 aromatic rings. The minimum atomic E-state index is -0.345. The summed E-state index contributed by atoms with van der Waals surface area (Å²) in [5.41, 5.74) is 1.98. The van der Waals surface area contributed by atoms with Gasteiger partial charge in [-0.3, -0.25) is 4.79 Å². The maximum absolute atomic E-state index is 13.6. The van der Waals surface area contributed by atoms with Crippen LogP contribution in [0.5, 0.6) is 5.75 Å². The number of methoxy groups -OCH3 is 1. The fraction of sp³-hybridized carbons (Fsp3) is 0.250. The van der Waals surface area contributed by atoms with E-state index in [1.165, 1.54) is 17.8 Å². The lowest BCUT2D eigenvalue weighted by Gasteiger charge is -2.09. The normalized spacial score (nSPS) is 10.7. The van der Waals surface area contributed by atoms with Crippen molar-refractivity contribution in [2.24, 2.45) is 7.05 Å². The SMILES string of the molecule is COc1ccc(Cc2nnc(SCC(=O)Nc3cccc(F)c3C)n2C)cc1. The number of benzene rings is 2. The second kappa shape index (κ2) is 8.88. The molecule has 0 aliphatic carbocycles. The molecule has 0 bridgehead atoms. The van der Waals surface area contributed by atoms with Crippen LogP contribution >= 0.6 is 11.8 Å². The first-order chi connectivity index (χ1) is 13.5. The van der Waals surface area contributed by atoms with E-state index in [1.54, 1.807) is 26.2 Å². The number of nitrogens with zero attached hydrogens (tertiary/aromatic N) is 3. The third-order valence-electron chi connectivity index (χ3n) is 4.32. The molecule has 1 aromatic heterocycles. The summed E-state index contributed by atoms with van der Waals surface area (Å²) in [4.78, 5) is 12.2. The van der Waals surface area contributed by atoms with Crippen LogP contribution in [0.25, 0.3) is 0 Å². The predicted molar refractivity (Wildman–Crippen MR) is 107 cm³/mol. The van der Waals surface area contributed by atoms with Crippen molar-refractivity contribution in [1.29, 1.82) is 0 Å². The van der Waals surface area contributed by atoms with Crippen molar-refractivity contribution in [2.45, 2.75) is 18.5 Å². The molecule has 0 aliphatic rings. The van der Waals surface area contributed by atoms with Gasteiger partial charge in [0.05, 0.1) is 12.9 Å². The van der Waals surface area contributed by atoms with Crippen molar-refractivity contribution in [3.05, 3.63) is 65.2 Å². The Morgan fingerprint density at radius 1 is 1.21 bits per heavy atom. The molecule has 0 spiro atoms. The van der Waals surface area contributed by atoms with E-state index >= 15 is 0 Å². The molecule has 1 N–H and O–H groups in total. The highest BCUT2D eigenvalue weighted by atomic mass is 32.2. The predicted octanol–water partition coefficient (Wildman–Crippen LogP) is 3.59. The van der Waals surface area contributed by atoms with Gasteiger partial charge in [0.1, 0.15) is 17.4 Å². The van der Waals surface area contributed by atoms with Crippen molar-refractivity contribution >= 4 is 23.4 Å². The van der Waals surface area contributed by atoms with Crippen LogP contribution in [0.3, 0.4) is 0 Å². The van der Waals surface area contributed by atoms with E-state index in [1.807, 2.05) is 35.9 Å². The molecule has 0 radical (unpaired) electrons. The summed E-state index contributed by atoms with van der Waals surface area (Å²) in [6, 6.07) is 12.4. The standard InChI is InChI=1S/C20H21FN4O2S/c1-13-16(21)5-4-6-17(13)22-19(26)12-28-20-24-23-18(25(20)2)11-14-7-9-15(27-3)10-8-14/h4-10H,11-12H2,1-3H3,(H,22,26). The monoisotopic (exact) mass is 400 g/mol. The molecule has 3 rings (SSSR count). The summed E-state index contributed by atoms with van der Waals surface area (Å²) in [5, 5.41) is 11.8. The third-order valence-corrected chi connectivity index (χ3v) is 5.34. The van der Waals surface area contributed by atoms with E-state index in [0.29, 0.717) is 22.8 Å². The molecular formula is C20H21FN4O2S. The summed E-state index contributed by atoms with van der Waals surface area (Å²) in [6.45, 7) is 1.63. The van der Waals surface area contributed by atoms with Crippen LogP contribution in [0.4, 0.5) is 10.1 Å². The zero-order valence-corrected chi connectivity index (χ0v) is 16.7. The van der Waals surface area contributed by atoms with Gasteiger partial charge in [-0.25, -0.2) is 4.39 Å². The Balaban J connectivity index is 1.59. The minimum Gasteiger partial charge on any atom is -0.497 e. The molecule has 0 fully saturated rings. The Morgan fingerprint density at radius 3 is 2.68 bits per heavy atom. The minimum absolute atomic E-state index is 0.157. The van der Waals surface area contributed by atoms with E-state index in [-0.39, 0.29) is 17.5 Å². The lowest BCUT2D eigenvalue weighted by molar-refractivity contribution is -0.113. The maximum atomic E-state index is 13.6. The molecule has 146 valence electrons. The van der Waals surface area contributed by atoms with Crippen molar-refractivity contribution in [1.82, 2.24) is 14.8 Å². The molecular weight excluding hydrogens is 379 g/mol. The Morgan fingerprint density at radius 2 is 1.96 bits per heavy atom. The molecule has 28 heavy (non-hydrogen) atoms. The van der Waals surface area contributed by atoms with Crippen LogP contribution in [-0.4, -0.2) is 33.5 Å². The molecule has 0 atom stereocenters. The number of nitrogens with one attached hydrogen (secondary N) is 1. The molecule has 6 nitrogen and oxygen atoms in total. The number of halogens is 1. The van der Waals surface area contributed by atoms with Gasteiger partial charge in [0.15, 0.2) is 5.16 Å². The number of rotatable bonds is 7. The van der Waals surface area contributed by atoms with Crippen molar-refractivity contribution in [3.8, 4) is 5.75 Å². The summed E-state index contributed by atoms with van der Waals surface area (Å²) >= 11 is 1.29. The van der Waals surface area contributed by atoms with Crippen molar-refractivity contribution in [2.75, 3.05) is 18.2 Å². The van der Waals surface area contributed by atoms with Crippen LogP contribution in [0.2, 0.25) is 0 Å². The first-order valence-corrected chi connectivity index (χ1v) is 9.65. The van der Waals surface area contributed by atoms with Gasteiger partial charge in [-0.05, 0) is 36.8 Å². The van der Waals surface area contributed by atoms with Crippen LogP contribution in [0.1, 0.15) is 17.0 Å². The number of aromatic nitrogens is 3. The Kier molecular flexibility index (Phi) is 6.30. The highest BCUT2D eigenvalue weighted by Gasteiger charge is 2.13. The fourth-order valence-corrected chi connectivity index (χ4v) is 3.34. The number of hydrogen-bond donors (Lipinski definition) is 1. The van der Waals surface area contributed by atoms with Gasteiger partial charge in [-0.1, -0.05) is 30.0 Å². The Labute approximate surface area is 167 Å². The number of thioether (sulfide) groups is 1. The summed E-state index contributed by atoms with van der Waals surface area (Å²) in [7, 11) is 3.50. The lowest BCUT2D eigenvalue weighted by atomic mass is 10.1. The lowest BCUT2D eigenvalue weighted by Crippen LogP contribution is -2.15. The van der Waals surface area contributed by atoms with Crippen LogP contribution in [0.15, 0.2) is 47.6 Å². The quantitative estimate of drug-likeness (QED) is 0.614. The number of carbonyl (C=O) groups excluding carboxylic acids is 1. The molecule has 1 heterocycles. The maximum Gasteiger partial charge on any atom is 0.234 e. The van der Waals surface area contributed by atoms with Crippen molar-refractivity contribution < 1.29 is 13.9 Å². The Bertz CT molecular complexity index is 973. The van der Waals surface area contributed by atoms with E-state index in [2.05, 4.69) is 15.5 Å². The molecule has 8 heteroatoms. The third kappa shape index (κ3) is 4.69. The van der Waals surface area contributed by atoms with Crippen LogP contribution < -0.4 is 10.1 Å². The molecule has 2 aromatic carbocycles. The van der Waals surface area contributed by atoms with Gasteiger partial charge < -0.3 is 14.6 Å². The van der Waals surface area contributed by atoms with E-state index in [4.69, 9.17) is 4.74 Å². The molecule has 0 saturated heterocycles. The highest BCUT2D eigenvalue weighted by Crippen LogP contribution is 2.21. The smallest absolute Gasteiger partial charge is 0.234 e. The largest absolute Gasteiger partial charge is 0.497 e. The number of carbonyl (C=O) groups is 1. The summed E-state index contributed by atoms with van der Waals surface area (Å²) in [6.07, 6.45) is 0.628. The van der Waals surface area contributed by atoms with Crippen molar-refractivity contribution in [3.63, 3.8) is 0 Å². The first-order valence-electron chi connectivity index (χ1n) is 8.67. The first kappa shape index (κ1) is 19.9. The van der Waals surface area contributed by atoms with E-state index in [0.717, 1.165) is 17.1 Å². The second-order valence-electron chi connectivity index (χ2n) is 6.23.